The number of aryl methyl sites for hydroxylation is 1. The molecule has 2 aromatic heterocycles. The van der Waals surface area contributed by atoms with Crippen LogP contribution in [0.2, 0.25) is 0 Å². The number of hydrogen-bond donors (Lipinski definition) is 0. The van der Waals surface area contributed by atoms with Gasteiger partial charge in [-0.15, -0.1) is 11.3 Å². The molecule has 0 aliphatic heterocycles. The van der Waals surface area contributed by atoms with Crippen LogP contribution < -0.4 is 0 Å². The van der Waals surface area contributed by atoms with E-state index < -0.39 is 0 Å². The molecule has 0 bridgehead atoms. The van der Waals surface area contributed by atoms with Crippen LogP contribution >= 0.6 is 11.3 Å². The van der Waals surface area contributed by atoms with E-state index in [4.69, 9.17) is 5.26 Å². The summed E-state index contributed by atoms with van der Waals surface area (Å²) in [6.45, 7) is 8.51. The van der Waals surface area contributed by atoms with Gasteiger partial charge in [-0.1, -0.05) is 20.8 Å². The number of hydrogen-bond acceptors (Lipinski definition) is 3. The van der Waals surface area contributed by atoms with E-state index in [1.165, 1.54) is 5.69 Å². The van der Waals surface area contributed by atoms with Crippen molar-refractivity contribution in [3.63, 3.8) is 0 Å². The van der Waals surface area contributed by atoms with E-state index >= 15 is 0 Å². The van der Waals surface area contributed by atoms with Gasteiger partial charge in [0.25, 0.3) is 0 Å². The van der Waals surface area contributed by atoms with Crippen LogP contribution in [0.1, 0.15) is 37.9 Å². The van der Waals surface area contributed by atoms with Crippen molar-refractivity contribution in [2.75, 3.05) is 0 Å². The highest BCUT2D eigenvalue weighted by atomic mass is 32.1. The zero-order valence-corrected chi connectivity index (χ0v) is 10.9. The molecule has 0 N–H and O–H groups in total. The molecule has 84 valence electrons. The molecule has 0 fully saturated rings. The van der Waals surface area contributed by atoms with Gasteiger partial charge >= 0.3 is 0 Å². The largest absolute Gasteiger partial charge is 0.290 e. The first-order valence-electron chi connectivity index (χ1n) is 5.28. The SMILES string of the molecule is Cc1nc2scc(C(C)(C)C)n2c1CC#N. The molecule has 0 radical (unpaired) electrons. The first kappa shape index (κ1) is 11.2. The Balaban J connectivity index is 2.74. The molecule has 0 saturated heterocycles. The molecule has 3 nitrogen and oxygen atoms in total. The maximum atomic E-state index is 8.87. The van der Waals surface area contributed by atoms with Crippen LogP contribution in [-0.2, 0) is 11.8 Å². The predicted octanol–water partition coefficient (Wildman–Crippen LogP) is 3.07. The van der Waals surface area contributed by atoms with Gasteiger partial charge in [0.2, 0.25) is 0 Å². The molecule has 0 spiro atoms. The lowest BCUT2D eigenvalue weighted by molar-refractivity contribution is 0.562. The third-order valence-corrected chi connectivity index (χ3v) is 3.50. The average molecular weight is 233 g/mol. The van der Waals surface area contributed by atoms with E-state index in [2.05, 4.69) is 41.6 Å². The molecule has 0 aliphatic rings. The summed E-state index contributed by atoms with van der Waals surface area (Å²) in [5.74, 6) is 0. The van der Waals surface area contributed by atoms with E-state index in [9.17, 15) is 0 Å². The summed E-state index contributed by atoms with van der Waals surface area (Å²) in [7, 11) is 0. The van der Waals surface area contributed by atoms with Crippen LogP contribution in [0, 0.1) is 18.3 Å². The van der Waals surface area contributed by atoms with Crippen molar-refractivity contribution in [1.29, 1.82) is 5.26 Å². The first-order chi connectivity index (χ1) is 7.45. The minimum atomic E-state index is 0.0790. The summed E-state index contributed by atoms with van der Waals surface area (Å²) >= 11 is 1.64. The van der Waals surface area contributed by atoms with Crippen LogP contribution in [-0.4, -0.2) is 9.38 Å². The zero-order chi connectivity index (χ0) is 11.9. The summed E-state index contributed by atoms with van der Waals surface area (Å²) in [6.07, 6.45) is 0.423. The summed E-state index contributed by atoms with van der Waals surface area (Å²) in [5, 5.41) is 11.0. The highest BCUT2D eigenvalue weighted by Gasteiger charge is 2.22. The van der Waals surface area contributed by atoms with E-state index in [0.717, 1.165) is 16.3 Å². The topological polar surface area (TPSA) is 41.1 Å². The fraction of sp³-hybridized carbons (Fsp3) is 0.500. The minimum Gasteiger partial charge on any atom is -0.290 e. The Labute approximate surface area is 99.4 Å². The van der Waals surface area contributed by atoms with Crippen molar-refractivity contribution >= 4 is 16.3 Å². The fourth-order valence-corrected chi connectivity index (χ4v) is 3.00. The van der Waals surface area contributed by atoms with Crippen LogP contribution in [0.3, 0.4) is 0 Å². The highest BCUT2D eigenvalue weighted by Crippen LogP contribution is 2.29. The van der Waals surface area contributed by atoms with Gasteiger partial charge in [-0.25, -0.2) is 4.98 Å². The number of thiazole rings is 1. The third-order valence-electron chi connectivity index (χ3n) is 2.67. The maximum absolute atomic E-state index is 8.87. The number of nitrogens with zero attached hydrogens (tertiary/aromatic N) is 3. The van der Waals surface area contributed by atoms with E-state index in [1.54, 1.807) is 11.3 Å². The molecule has 2 aromatic rings. The summed E-state index contributed by atoms with van der Waals surface area (Å²) in [5.41, 5.74) is 3.32. The Hall–Kier alpha value is -1.34. The Bertz CT molecular complexity index is 563. The Kier molecular flexibility index (Phi) is 2.51. The molecular formula is C12H15N3S. The maximum Gasteiger partial charge on any atom is 0.194 e. The van der Waals surface area contributed by atoms with E-state index in [0.29, 0.717) is 6.42 Å². The second-order valence-electron chi connectivity index (χ2n) is 4.97. The zero-order valence-electron chi connectivity index (χ0n) is 10.0. The van der Waals surface area contributed by atoms with Gasteiger partial charge < -0.3 is 0 Å². The van der Waals surface area contributed by atoms with Crippen LogP contribution in [0.25, 0.3) is 4.96 Å². The monoisotopic (exact) mass is 233 g/mol. The van der Waals surface area contributed by atoms with Crippen molar-refractivity contribution in [2.45, 2.75) is 39.5 Å². The van der Waals surface area contributed by atoms with Crippen molar-refractivity contribution in [1.82, 2.24) is 9.38 Å². The van der Waals surface area contributed by atoms with E-state index in [1.807, 2.05) is 6.92 Å². The lowest BCUT2D eigenvalue weighted by Gasteiger charge is -2.18. The van der Waals surface area contributed by atoms with Gasteiger partial charge in [-0.2, -0.15) is 5.26 Å². The first-order valence-corrected chi connectivity index (χ1v) is 6.16. The molecule has 2 heterocycles. The standard InChI is InChI=1S/C12H15N3S/c1-8-9(5-6-13)15-10(12(2,3)4)7-16-11(15)14-8/h7H,5H2,1-4H3. The second kappa shape index (κ2) is 3.60. The lowest BCUT2D eigenvalue weighted by Crippen LogP contribution is -2.15. The van der Waals surface area contributed by atoms with Gasteiger partial charge in [0.1, 0.15) is 0 Å². The van der Waals surface area contributed by atoms with Crippen molar-refractivity contribution in [3.05, 3.63) is 22.5 Å². The van der Waals surface area contributed by atoms with Gasteiger partial charge in [-0.05, 0) is 6.92 Å². The highest BCUT2D eigenvalue weighted by molar-refractivity contribution is 7.15. The normalized spacial score (nSPS) is 11.9. The van der Waals surface area contributed by atoms with E-state index in [-0.39, 0.29) is 5.41 Å². The van der Waals surface area contributed by atoms with Gasteiger partial charge in [0.05, 0.1) is 23.9 Å². The second-order valence-corrected chi connectivity index (χ2v) is 5.80. The molecule has 2 rings (SSSR count). The number of nitriles is 1. The van der Waals surface area contributed by atoms with Crippen LogP contribution in [0.15, 0.2) is 5.38 Å². The Morgan fingerprint density at radius 2 is 2.19 bits per heavy atom. The molecule has 0 aromatic carbocycles. The summed E-state index contributed by atoms with van der Waals surface area (Å²) in [6, 6.07) is 2.22. The van der Waals surface area contributed by atoms with Gasteiger partial charge in [0.15, 0.2) is 4.96 Å². The van der Waals surface area contributed by atoms with Crippen molar-refractivity contribution in [2.24, 2.45) is 0 Å². The Morgan fingerprint density at radius 1 is 1.50 bits per heavy atom. The third kappa shape index (κ3) is 1.61. The summed E-state index contributed by atoms with van der Waals surface area (Å²) < 4.78 is 2.14. The molecule has 16 heavy (non-hydrogen) atoms. The molecule has 0 aliphatic carbocycles. The number of fused-ring (bicyclic) bond motifs is 1. The number of rotatable bonds is 1. The van der Waals surface area contributed by atoms with Crippen LogP contribution in [0.5, 0.6) is 0 Å². The van der Waals surface area contributed by atoms with Crippen molar-refractivity contribution in [3.8, 4) is 6.07 Å². The van der Waals surface area contributed by atoms with Crippen LogP contribution in [0.4, 0.5) is 0 Å². The smallest absolute Gasteiger partial charge is 0.194 e. The average Bonchev–Trinajstić information content (AvgIpc) is 2.66. The molecule has 0 amide bonds. The number of aromatic nitrogens is 2. The lowest BCUT2D eigenvalue weighted by atomic mass is 9.93. The number of imidazole rings is 1. The minimum absolute atomic E-state index is 0.0790. The van der Waals surface area contributed by atoms with Gasteiger partial charge in [-0.3, -0.25) is 4.40 Å². The quantitative estimate of drug-likeness (QED) is 0.759. The molecule has 4 heteroatoms. The predicted molar refractivity (Wildman–Crippen MR) is 65.8 cm³/mol. The Morgan fingerprint density at radius 3 is 2.75 bits per heavy atom. The molecule has 0 unspecified atom stereocenters. The van der Waals surface area contributed by atoms with Gasteiger partial charge in [0, 0.05) is 16.5 Å². The summed E-state index contributed by atoms with van der Waals surface area (Å²) in [4.78, 5) is 5.49. The van der Waals surface area contributed by atoms with Crippen molar-refractivity contribution < 1.29 is 0 Å². The molecular weight excluding hydrogens is 218 g/mol. The fourth-order valence-electron chi connectivity index (χ4n) is 1.82. The molecule has 0 saturated carbocycles. The molecule has 0 atom stereocenters.